The summed E-state index contributed by atoms with van der Waals surface area (Å²) in [6.45, 7) is 17.9. The van der Waals surface area contributed by atoms with Gasteiger partial charge in [0.15, 0.2) is 10.8 Å². The number of carbonyl (C=O) groups is 4. The van der Waals surface area contributed by atoms with Crippen molar-refractivity contribution in [1.82, 2.24) is 0 Å². The Kier molecular flexibility index (Phi) is 14.6. The quantitative estimate of drug-likeness (QED) is 0.116. The highest BCUT2D eigenvalue weighted by molar-refractivity contribution is 6.01. The van der Waals surface area contributed by atoms with Gasteiger partial charge in [0, 0.05) is 12.8 Å². The standard InChI is InChI=1S/C28H38O8/c1-9-33-23(29)27(19-21(5)6,24(30)34-10-2)17-15-13-14-16-18-28(20-22(7)8,25(31)35-11-3)26(32)36-12-4/h5,7,9-12,17-20H2,1-4,6,8H3. The predicted octanol–water partition coefficient (Wildman–Crippen LogP) is 3.93. The van der Waals surface area contributed by atoms with Gasteiger partial charge in [-0.05, 0) is 66.2 Å². The lowest BCUT2D eigenvalue weighted by atomic mass is 9.78. The molecule has 0 saturated carbocycles. The van der Waals surface area contributed by atoms with E-state index in [9.17, 15) is 19.2 Å². The van der Waals surface area contributed by atoms with E-state index in [4.69, 9.17) is 18.9 Å². The summed E-state index contributed by atoms with van der Waals surface area (Å²) in [5.41, 5.74) is -2.19. The van der Waals surface area contributed by atoms with Crippen LogP contribution in [-0.2, 0) is 38.1 Å². The van der Waals surface area contributed by atoms with Crippen LogP contribution >= 0.6 is 0 Å². The first kappa shape index (κ1) is 32.5. The van der Waals surface area contributed by atoms with E-state index in [-0.39, 0.29) is 52.1 Å². The first-order valence-electron chi connectivity index (χ1n) is 11.9. The average Bonchev–Trinajstić information content (AvgIpc) is 2.79. The first-order chi connectivity index (χ1) is 17.0. The molecule has 0 radical (unpaired) electrons. The Morgan fingerprint density at radius 1 is 0.583 bits per heavy atom. The number of carbonyl (C=O) groups excluding carboxylic acids is 4. The molecule has 0 rings (SSSR count). The maximum Gasteiger partial charge on any atom is 0.324 e. The van der Waals surface area contributed by atoms with Crippen molar-refractivity contribution in [2.45, 2.75) is 67.2 Å². The van der Waals surface area contributed by atoms with Gasteiger partial charge in [-0.15, -0.1) is 13.2 Å². The number of hydrogen-bond donors (Lipinski definition) is 0. The Morgan fingerprint density at radius 2 is 0.833 bits per heavy atom. The molecule has 198 valence electrons. The highest BCUT2D eigenvalue weighted by atomic mass is 16.6. The van der Waals surface area contributed by atoms with Gasteiger partial charge in [0.25, 0.3) is 0 Å². The Balaban J connectivity index is 6.17. The van der Waals surface area contributed by atoms with Gasteiger partial charge in [-0.2, -0.15) is 0 Å². The molecule has 0 aromatic rings. The molecule has 0 bridgehead atoms. The number of rotatable bonds is 14. The van der Waals surface area contributed by atoms with E-state index in [2.05, 4.69) is 36.8 Å². The van der Waals surface area contributed by atoms with Gasteiger partial charge in [0.2, 0.25) is 0 Å². The van der Waals surface area contributed by atoms with Crippen molar-refractivity contribution >= 4 is 23.9 Å². The number of esters is 4. The molecule has 0 atom stereocenters. The van der Waals surface area contributed by atoms with E-state index >= 15 is 0 Å². The summed E-state index contributed by atoms with van der Waals surface area (Å²) in [5, 5.41) is 0. The van der Waals surface area contributed by atoms with Gasteiger partial charge in [-0.1, -0.05) is 23.0 Å². The smallest absolute Gasteiger partial charge is 0.324 e. The Hall–Kier alpha value is -3.52. The molecule has 8 nitrogen and oxygen atoms in total. The molecule has 8 heteroatoms. The average molecular weight is 503 g/mol. The van der Waals surface area contributed by atoms with Crippen molar-refractivity contribution in [2.24, 2.45) is 10.8 Å². The maximum absolute atomic E-state index is 12.8. The minimum Gasteiger partial charge on any atom is -0.465 e. The molecule has 0 aromatic heterocycles. The summed E-state index contributed by atoms with van der Waals surface area (Å²) in [6.07, 6.45) is -0.418. The molecule has 36 heavy (non-hydrogen) atoms. The van der Waals surface area contributed by atoms with Crippen LogP contribution < -0.4 is 0 Å². The van der Waals surface area contributed by atoms with Gasteiger partial charge >= 0.3 is 23.9 Å². The van der Waals surface area contributed by atoms with Crippen molar-refractivity contribution in [3.05, 3.63) is 24.3 Å². The van der Waals surface area contributed by atoms with E-state index in [0.717, 1.165) is 0 Å². The second-order valence-corrected chi connectivity index (χ2v) is 8.27. The molecule has 0 aromatic carbocycles. The second kappa shape index (κ2) is 16.2. The van der Waals surface area contributed by atoms with Crippen molar-refractivity contribution in [2.75, 3.05) is 26.4 Å². The highest BCUT2D eigenvalue weighted by Crippen LogP contribution is 2.34. The van der Waals surface area contributed by atoms with Crippen LogP contribution in [0.3, 0.4) is 0 Å². The van der Waals surface area contributed by atoms with Gasteiger partial charge in [-0.3, -0.25) is 19.2 Å². The molecule has 0 fully saturated rings. The van der Waals surface area contributed by atoms with Gasteiger partial charge in [-0.25, -0.2) is 0 Å². The monoisotopic (exact) mass is 502 g/mol. The summed E-state index contributed by atoms with van der Waals surface area (Å²) in [7, 11) is 0. The van der Waals surface area contributed by atoms with Crippen LogP contribution in [0.25, 0.3) is 0 Å². The lowest BCUT2D eigenvalue weighted by molar-refractivity contribution is -0.173. The minimum atomic E-state index is -1.67. The zero-order valence-corrected chi connectivity index (χ0v) is 22.3. The Bertz CT molecular complexity index is 838. The van der Waals surface area contributed by atoms with Crippen LogP contribution in [-0.4, -0.2) is 50.3 Å². The number of ether oxygens (including phenoxy) is 4. The lowest BCUT2D eigenvalue weighted by Crippen LogP contribution is -2.42. The molecule has 0 aliphatic heterocycles. The highest BCUT2D eigenvalue weighted by Gasteiger charge is 2.49. The molecule has 0 spiro atoms. The number of allylic oxidation sites excluding steroid dienone is 2. The zero-order valence-electron chi connectivity index (χ0n) is 22.3. The van der Waals surface area contributed by atoms with Crippen LogP contribution in [0, 0.1) is 34.5 Å². The van der Waals surface area contributed by atoms with Crippen molar-refractivity contribution in [3.63, 3.8) is 0 Å². The molecular weight excluding hydrogens is 464 g/mol. The summed E-state index contributed by atoms with van der Waals surface area (Å²) < 4.78 is 20.6. The molecule has 0 aliphatic rings. The molecule has 0 unspecified atom stereocenters. The largest absolute Gasteiger partial charge is 0.465 e. The third kappa shape index (κ3) is 9.26. The normalized spacial score (nSPS) is 10.5. The third-order valence-electron chi connectivity index (χ3n) is 4.89. The molecule has 0 saturated heterocycles. The first-order valence-corrected chi connectivity index (χ1v) is 11.9. The summed E-state index contributed by atoms with van der Waals surface area (Å²) in [5.74, 6) is 7.64. The van der Waals surface area contributed by atoms with E-state index in [1.54, 1.807) is 41.5 Å². The van der Waals surface area contributed by atoms with Gasteiger partial charge in [0.05, 0.1) is 26.4 Å². The maximum atomic E-state index is 12.8. The van der Waals surface area contributed by atoms with E-state index in [0.29, 0.717) is 11.1 Å². The zero-order chi connectivity index (χ0) is 27.8. The predicted molar refractivity (Wildman–Crippen MR) is 135 cm³/mol. The summed E-state index contributed by atoms with van der Waals surface area (Å²) in [4.78, 5) is 51.1. The molecular formula is C28H38O8. The van der Waals surface area contributed by atoms with Crippen LogP contribution in [0.2, 0.25) is 0 Å². The van der Waals surface area contributed by atoms with Crippen LogP contribution in [0.4, 0.5) is 0 Å². The van der Waals surface area contributed by atoms with Crippen LogP contribution in [0.5, 0.6) is 0 Å². The second-order valence-electron chi connectivity index (χ2n) is 8.27. The summed E-state index contributed by atoms with van der Waals surface area (Å²) >= 11 is 0. The van der Waals surface area contributed by atoms with Crippen molar-refractivity contribution in [1.29, 1.82) is 0 Å². The van der Waals surface area contributed by atoms with Crippen molar-refractivity contribution in [3.8, 4) is 23.7 Å². The Labute approximate surface area is 214 Å². The van der Waals surface area contributed by atoms with Gasteiger partial charge in [0.1, 0.15) is 0 Å². The van der Waals surface area contributed by atoms with E-state index < -0.39 is 34.7 Å². The van der Waals surface area contributed by atoms with Crippen LogP contribution in [0.15, 0.2) is 24.3 Å². The summed E-state index contributed by atoms with van der Waals surface area (Å²) in [6, 6.07) is 0. The Morgan fingerprint density at radius 3 is 1.03 bits per heavy atom. The van der Waals surface area contributed by atoms with E-state index in [1.165, 1.54) is 0 Å². The molecule has 0 aliphatic carbocycles. The lowest BCUT2D eigenvalue weighted by Gasteiger charge is -2.27. The fourth-order valence-electron chi connectivity index (χ4n) is 3.45. The fourth-order valence-corrected chi connectivity index (χ4v) is 3.45. The SMILES string of the molecule is C=C(C)CC(CC#CC#CCC(CC(=C)C)(C(=O)OCC)C(=O)OCC)(C(=O)OCC)C(=O)OCC. The third-order valence-corrected chi connectivity index (χ3v) is 4.89. The molecule has 0 amide bonds. The van der Waals surface area contributed by atoms with Crippen LogP contribution in [0.1, 0.15) is 67.2 Å². The fraction of sp³-hybridized carbons (Fsp3) is 0.571. The van der Waals surface area contributed by atoms with E-state index in [1.807, 2.05) is 0 Å². The number of hydrogen-bond acceptors (Lipinski definition) is 8. The van der Waals surface area contributed by atoms with Crippen molar-refractivity contribution < 1.29 is 38.1 Å². The minimum absolute atomic E-state index is 0.000213. The topological polar surface area (TPSA) is 105 Å². The van der Waals surface area contributed by atoms with Gasteiger partial charge < -0.3 is 18.9 Å². The molecule has 0 heterocycles. The molecule has 0 N–H and O–H groups in total.